The quantitative estimate of drug-likeness (QED) is 0.847. The van der Waals surface area contributed by atoms with Gasteiger partial charge >= 0.3 is 0 Å². The zero-order valence-corrected chi connectivity index (χ0v) is 10.7. The van der Waals surface area contributed by atoms with Crippen molar-refractivity contribution in [1.82, 2.24) is 4.72 Å². The second kappa shape index (κ2) is 5.97. The third kappa shape index (κ3) is 4.32. The highest BCUT2D eigenvalue weighted by molar-refractivity contribution is 7.89. The third-order valence-corrected chi connectivity index (χ3v) is 3.72. The average Bonchev–Trinajstić information content (AvgIpc) is 2.27. The van der Waals surface area contributed by atoms with Gasteiger partial charge in [0.15, 0.2) is 11.6 Å². The summed E-state index contributed by atoms with van der Waals surface area (Å²) < 4.78 is 43.3. The monoisotopic (exact) mass is 261 g/mol. The summed E-state index contributed by atoms with van der Waals surface area (Å²) in [6, 6.07) is 4.35. The van der Waals surface area contributed by atoms with Crippen molar-refractivity contribution in [1.29, 1.82) is 0 Å². The molecule has 96 valence electrons. The fourth-order valence-corrected chi connectivity index (χ4v) is 2.42. The first-order valence-electron chi connectivity index (χ1n) is 5.28. The molecule has 17 heavy (non-hydrogen) atoms. The molecule has 0 fully saturated rings. The van der Waals surface area contributed by atoms with E-state index in [1.54, 1.807) is 13.0 Å². The van der Waals surface area contributed by atoms with Crippen molar-refractivity contribution in [2.45, 2.75) is 19.9 Å². The molecule has 0 heterocycles. The Morgan fingerprint density at radius 1 is 1.41 bits per heavy atom. The maximum Gasteiger partial charge on any atom is 0.211 e. The van der Waals surface area contributed by atoms with Gasteiger partial charge in [-0.25, -0.2) is 17.5 Å². The van der Waals surface area contributed by atoms with E-state index in [-0.39, 0.29) is 18.0 Å². The summed E-state index contributed by atoms with van der Waals surface area (Å²) in [6.45, 7) is 1.87. The number of ether oxygens (including phenoxy) is 1. The molecule has 1 rings (SSSR count). The van der Waals surface area contributed by atoms with E-state index in [9.17, 15) is 12.8 Å². The Labute approximate surface area is 101 Å². The Hall–Kier alpha value is -1.14. The lowest BCUT2D eigenvalue weighted by Gasteiger charge is -2.07. The van der Waals surface area contributed by atoms with Crippen molar-refractivity contribution < 1.29 is 17.5 Å². The van der Waals surface area contributed by atoms with Crippen LogP contribution in [0.5, 0.6) is 5.75 Å². The van der Waals surface area contributed by atoms with E-state index in [1.807, 2.05) is 0 Å². The zero-order valence-electron chi connectivity index (χ0n) is 9.86. The van der Waals surface area contributed by atoms with Crippen LogP contribution in [-0.2, 0) is 16.6 Å². The van der Waals surface area contributed by atoms with Gasteiger partial charge in [-0.1, -0.05) is 13.0 Å². The van der Waals surface area contributed by atoms with Gasteiger partial charge in [0.1, 0.15) is 0 Å². The maximum absolute atomic E-state index is 13.3. The summed E-state index contributed by atoms with van der Waals surface area (Å²) in [5, 5.41) is 0. The van der Waals surface area contributed by atoms with Gasteiger partial charge in [0, 0.05) is 6.54 Å². The molecule has 6 heteroatoms. The maximum atomic E-state index is 13.3. The molecular weight excluding hydrogens is 245 g/mol. The molecule has 0 aliphatic heterocycles. The van der Waals surface area contributed by atoms with Crippen LogP contribution in [0.4, 0.5) is 4.39 Å². The van der Waals surface area contributed by atoms with E-state index in [2.05, 4.69) is 4.72 Å². The molecule has 0 bridgehead atoms. The fraction of sp³-hybridized carbons (Fsp3) is 0.455. The molecule has 0 aliphatic rings. The van der Waals surface area contributed by atoms with Gasteiger partial charge < -0.3 is 4.74 Å². The minimum absolute atomic E-state index is 0.0750. The second-order valence-corrected chi connectivity index (χ2v) is 5.54. The van der Waals surface area contributed by atoms with Crippen molar-refractivity contribution in [3.05, 3.63) is 29.6 Å². The lowest BCUT2D eigenvalue weighted by molar-refractivity contribution is 0.386. The van der Waals surface area contributed by atoms with Crippen LogP contribution in [0.2, 0.25) is 0 Å². The summed E-state index contributed by atoms with van der Waals surface area (Å²) in [5.74, 6) is -0.282. The van der Waals surface area contributed by atoms with Gasteiger partial charge in [0.25, 0.3) is 0 Å². The van der Waals surface area contributed by atoms with Crippen LogP contribution in [0.25, 0.3) is 0 Å². The van der Waals surface area contributed by atoms with E-state index in [0.29, 0.717) is 12.0 Å². The molecule has 0 spiro atoms. The Bertz CT molecular complexity index is 474. The molecule has 0 aromatic heterocycles. The molecule has 1 aromatic rings. The van der Waals surface area contributed by atoms with E-state index in [0.717, 1.165) is 0 Å². The number of sulfonamides is 1. The summed E-state index contributed by atoms with van der Waals surface area (Å²) in [5.41, 5.74) is 0.558. The molecule has 0 aliphatic carbocycles. The van der Waals surface area contributed by atoms with Crippen LogP contribution in [0, 0.1) is 5.82 Å². The van der Waals surface area contributed by atoms with Crippen molar-refractivity contribution in [3.8, 4) is 5.75 Å². The summed E-state index contributed by atoms with van der Waals surface area (Å²) in [4.78, 5) is 0. The highest BCUT2D eigenvalue weighted by atomic mass is 32.2. The Morgan fingerprint density at radius 2 is 2.12 bits per heavy atom. The van der Waals surface area contributed by atoms with Gasteiger partial charge in [-0.3, -0.25) is 0 Å². The Kier molecular flexibility index (Phi) is 4.89. The number of rotatable bonds is 6. The number of methoxy groups -OCH3 is 1. The number of nitrogens with one attached hydrogen (secondary N) is 1. The highest BCUT2D eigenvalue weighted by Crippen LogP contribution is 2.17. The lowest BCUT2D eigenvalue weighted by Crippen LogP contribution is -2.25. The first-order valence-corrected chi connectivity index (χ1v) is 6.93. The fourth-order valence-electron chi connectivity index (χ4n) is 1.35. The van der Waals surface area contributed by atoms with Crippen molar-refractivity contribution in [2.75, 3.05) is 12.9 Å². The van der Waals surface area contributed by atoms with Gasteiger partial charge in [-0.2, -0.15) is 0 Å². The van der Waals surface area contributed by atoms with Crippen LogP contribution >= 0.6 is 0 Å². The van der Waals surface area contributed by atoms with E-state index < -0.39 is 15.8 Å². The van der Waals surface area contributed by atoms with Crippen LogP contribution in [0.3, 0.4) is 0 Å². The minimum Gasteiger partial charge on any atom is -0.494 e. The van der Waals surface area contributed by atoms with Crippen LogP contribution in [0.15, 0.2) is 18.2 Å². The van der Waals surface area contributed by atoms with Gasteiger partial charge in [-0.15, -0.1) is 0 Å². The average molecular weight is 261 g/mol. The van der Waals surface area contributed by atoms with E-state index >= 15 is 0 Å². The summed E-state index contributed by atoms with van der Waals surface area (Å²) >= 11 is 0. The molecule has 0 amide bonds. The molecule has 0 saturated carbocycles. The SMILES string of the molecule is CCCS(=O)(=O)NCc1ccc(OC)c(F)c1. The lowest BCUT2D eigenvalue weighted by atomic mass is 10.2. The first-order chi connectivity index (χ1) is 7.98. The van der Waals surface area contributed by atoms with Crippen LogP contribution in [-0.4, -0.2) is 21.3 Å². The first kappa shape index (κ1) is 13.9. The molecule has 0 radical (unpaired) electrons. The Morgan fingerprint density at radius 3 is 2.65 bits per heavy atom. The molecule has 0 atom stereocenters. The Balaban J connectivity index is 2.67. The normalized spacial score (nSPS) is 11.5. The van der Waals surface area contributed by atoms with Crippen molar-refractivity contribution >= 4 is 10.0 Å². The molecule has 1 N–H and O–H groups in total. The van der Waals surface area contributed by atoms with Gasteiger partial charge in [0.2, 0.25) is 10.0 Å². The summed E-state index contributed by atoms with van der Waals surface area (Å²) in [7, 11) is -1.89. The van der Waals surface area contributed by atoms with Crippen molar-refractivity contribution in [2.24, 2.45) is 0 Å². The second-order valence-electron chi connectivity index (χ2n) is 3.61. The van der Waals surface area contributed by atoms with Crippen LogP contribution in [0.1, 0.15) is 18.9 Å². The highest BCUT2D eigenvalue weighted by Gasteiger charge is 2.09. The summed E-state index contributed by atoms with van der Waals surface area (Å²) in [6.07, 6.45) is 0.548. The molecule has 4 nitrogen and oxygen atoms in total. The van der Waals surface area contributed by atoms with E-state index in [1.165, 1.54) is 19.2 Å². The minimum atomic E-state index is -3.26. The third-order valence-electron chi connectivity index (χ3n) is 2.19. The van der Waals surface area contributed by atoms with E-state index in [4.69, 9.17) is 4.74 Å². The zero-order chi connectivity index (χ0) is 12.9. The molecular formula is C11H16FNO3S. The smallest absolute Gasteiger partial charge is 0.211 e. The molecule has 0 unspecified atom stereocenters. The molecule has 1 aromatic carbocycles. The standard InChI is InChI=1S/C11H16FNO3S/c1-3-6-17(14,15)13-8-9-4-5-11(16-2)10(12)7-9/h4-5,7,13H,3,6,8H2,1-2H3. The van der Waals surface area contributed by atoms with Crippen molar-refractivity contribution in [3.63, 3.8) is 0 Å². The number of halogens is 1. The van der Waals surface area contributed by atoms with Crippen LogP contribution < -0.4 is 9.46 Å². The largest absolute Gasteiger partial charge is 0.494 e. The predicted octanol–water partition coefficient (Wildman–Crippen LogP) is 1.66. The molecule has 0 saturated heterocycles. The van der Waals surface area contributed by atoms with Gasteiger partial charge in [0.05, 0.1) is 12.9 Å². The number of benzene rings is 1. The predicted molar refractivity (Wildman–Crippen MR) is 63.9 cm³/mol. The van der Waals surface area contributed by atoms with Gasteiger partial charge in [-0.05, 0) is 24.1 Å². The number of hydrogen-bond donors (Lipinski definition) is 1. The topological polar surface area (TPSA) is 55.4 Å². The number of hydrogen-bond acceptors (Lipinski definition) is 3.